The summed E-state index contributed by atoms with van der Waals surface area (Å²) in [7, 11) is 0. The molecule has 2 aliphatic rings. The third kappa shape index (κ3) is 6.63. The van der Waals surface area contributed by atoms with Crippen molar-refractivity contribution in [3.8, 4) is 11.5 Å². The molecule has 1 aromatic heterocycles. The first-order chi connectivity index (χ1) is 18.3. The number of fused-ring (bicyclic) bond motifs is 1. The van der Waals surface area contributed by atoms with Crippen LogP contribution in [0.1, 0.15) is 17.0 Å². The van der Waals surface area contributed by atoms with E-state index in [1.165, 1.54) is 5.56 Å². The quantitative estimate of drug-likeness (QED) is 0.252. The minimum Gasteiger partial charge on any atom is -0.454 e. The summed E-state index contributed by atoms with van der Waals surface area (Å²) in [6.45, 7) is 8.12. The van der Waals surface area contributed by atoms with Crippen LogP contribution in [-0.4, -0.2) is 63.8 Å². The highest BCUT2D eigenvalue weighted by Crippen LogP contribution is 2.33. The van der Waals surface area contributed by atoms with E-state index >= 15 is 0 Å². The number of guanidine groups is 1. The first kappa shape index (κ1) is 26.4. The van der Waals surface area contributed by atoms with Gasteiger partial charge in [0.1, 0.15) is 0 Å². The van der Waals surface area contributed by atoms with Crippen LogP contribution in [0.3, 0.4) is 0 Å². The van der Waals surface area contributed by atoms with Gasteiger partial charge >= 0.3 is 0 Å². The van der Waals surface area contributed by atoms with Crippen molar-refractivity contribution in [3.05, 3.63) is 69.5 Å². The maximum atomic E-state index is 6.32. The van der Waals surface area contributed by atoms with E-state index in [9.17, 15) is 0 Å². The zero-order chi connectivity index (χ0) is 26.6. The van der Waals surface area contributed by atoms with Crippen molar-refractivity contribution in [2.24, 2.45) is 4.99 Å². The van der Waals surface area contributed by atoms with Crippen LogP contribution in [0, 0.1) is 13.8 Å². The Morgan fingerprint density at radius 2 is 1.68 bits per heavy atom. The van der Waals surface area contributed by atoms with E-state index in [1.54, 1.807) is 18.2 Å². The third-order valence-corrected chi connectivity index (χ3v) is 6.84. The van der Waals surface area contributed by atoms with Crippen molar-refractivity contribution >= 4 is 58.1 Å². The van der Waals surface area contributed by atoms with Gasteiger partial charge in [0.05, 0.1) is 10.7 Å². The number of aliphatic imine (C=N–C) groups is 1. The van der Waals surface area contributed by atoms with Crippen LogP contribution in [0.4, 0.5) is 11.6 Å². The number of benzene rings is 2. The van der Waals surface area contributed by atoms with Crippen LogP contribution in [0.25, 0.3) is 0 Å². The Balaban J connectivity index is 1.29. The Bertz CT molecular complexity index is 1360. The number of hydrogen-bond donors (Lipinski definition) is 2. The van der Waals surface area contributed by atoms with Gasteiger partial charge in [-0.05, 0) is 68.0 Å². The second-order valence-electron chi connectivity index (χ2n) is 9.04. The molecule has 0 saturated carbocycles. The Labute approximate surface area is 236 Å². The Morgan fingerprint density at radius 3 is 2.42 bits per heavy atom. The standard InChI is InChI=1S/C26H27Cl2N7O2S/c1-16-11-17(2)30-24(29-16)32-25(33-26(38)31-21-5-4-19(27)13-20(21)28)35-9-7-34(8-10-35)14-18-3-6-22-23(12-18)37-15-36-22/h3-6,11-13H,7-10,14-15H2,1-2H3,(H2,29,30,31,32,33,38). The Hall–Kier alpha value is -3.18. The lowest BCUT2D eigenvalue weighted by atomic mass is 10.1. The number of thiocarbonyl (C=S) groups is 1. The number of nitrogens with one attached hydrogen (secondary N) is 2. The van der Waals surface area contributed by atoms with Crippen molar-refractivity contribution in [1.82, 2.24) is 19.8 Å². The number of rotatable bonds is 4. The van der Waals surface area contributed by atoms with Crippen molar-refractivity contribution in [2.45, 2.75) is 20.4 Å². The number of aromatic nitrogens is 2. The maximum Gasteiger partial charge on any atom is 0.231 e. The smallest absolute Gasteiger partial charge is 0.231 e. The van der Waals surface area contributed by atoms with Gasteiger partial charge in [0.25, 0.3) is 0 Å². The van der Waals surface area contributed by atoms with Crippen LogP contribution in [-0.2, 0) is 6.54 Å². The fraction of sp³-hybridized carbons (Fsp3) is 0.308. The van der Waals surface area contributed by atoms with Crippen LogP contribution in [0.5, 0.6) is 11.5 Å². The van der Waals surface area contributed by atoms with Gasteiger partial charge in [-0.15, -0.1) is 0 Å². The molecule has 0 aliphatic carbocycles. The molecule has 2 N–H and O–H groups in total. The molecule has 0 amide bonds. The zero-order valence-corrected chi connectivity index (χ0v) is 23.3. The number of nitrogens with zero attached hydrogens (tertiary/aromatic N) is 5. The monoisotopic (exact) mass is 571 g/mol. The summed E-state index contributed by atoms with van der Waals surface area (Å²) in [6, 6.07) is 13.2. The highest BCUT2D eigenvalue weighted by Gasteiger charge is 2.22. The molecule has 2 aromatic carbocycles. The number of hydrogen-bond acceptors (Lipinski definition) is 6. The highest BCUT2D eigenvalue weighted by molar-refractivity contribution is 7.80. The van der Waals surface area contributed by atoms with Crippen LogP contribution in [0.15, 0.2) is 47.5 Å². The lowest BCUT2D eigenvalue weighted by Gasteiger charge is -2.36. The van der Waals surface area contributed by atoms with Crippen molar-refractivity contribution < 1.29 is 9.47 Å². The summed E-state index contributed by atoms with van der Waals surface area (Å²) >= 11 is 17.9. The van der Waals surface area contributed by atoms with E-state index in [4.69, 9.17) is 49.9 Å². The lowest BCUT2D eigenvalue weighted by molar-refractivity contribution is 0.172. The number of ether oxygens (including phenoxy) is 2. The minimum atomic E-state index is 0.254. The lowest BCUT2D eigenvalue weighted by Crippen LogP contribution is -2.50. The zero-order valence-electron chi connectivity index (χ0n) is 21.0. The van der Waals surface area contributed by atoms with Crippen LogP contribution >= 0.6 is 35.4 Å². The number of aryl methyl sites for hydroxylation is 2. The van der Waals surface area contributed by atoms with Crippen LogP contribution in [0.2, 0.25) is 10.0 Å². The molecule has 3 heterocycles. The molecule has 0 atom stereocenters. The SMILES string of the molecule is Cc1cc(C)nc(N/C(=N/C(=S)Nc2ccc(Cl)cc2Cl)N2CCN(Cc3ccc4c(c3)OCO4)CC2)n1. The van der Waals surface area contributed by atoms with Gasteiger partial charge in [0, 0.05) is 49.1 Å². The van der Waals surface area contributed by atoms with Gasteiger partial charge in [0.15, 0.2) is 11.5 Å². The second kappa shape index (κ2) is 11.7. The molecule has 0 radical (unpaired) electrons. The fourth-order valence-electron chi connectivity index (χ4n) is 4.31. The first-order valence-corrected chi connectivity index (χ1v) is 13.3. The van der Waals surface area contributed by atoms with Gasteiger partial charge in [-0.25, -0.2) is 9.97 Å². The van der Waals surface area contributed by atoms with Crippen LogP contribution < -0.4 is 20.1 Å². The van der Waals surface area contributed by atoms with E-state index in [0.717, 1.165) is 55.6 Å². The van der Waals surface area contributed by atoms with E-state index in [-0.39, 0.29) is 11.9 Å². The molecule has 1 saturated heterocycles. The third-order valence-electron chi connectivity index (χ3n) is 6.10. The van der Waals surface area contributed by atoms with Gasteiger partial charge in [-0.3, -0.25) is 10.2 Å². The second-order valence-corrected chi connectivity index (χ2v) is 10.3. The van der Waals surface area contributed by atoms with Gasteiger partial charge < -0.3 is 19.7 Å². The van der Waals surface area contributed by atoms with E-state index in [0.29, 0.717) is 27.6 Å². The van der Waals surface area contributed by atoms with E-state index < -0.39 is 0 Å². The highest BCUT2D eigenvalue weighted by atomic mass is 35.5. The maximum absolute atomic E-state index is 6.32. The molecule has 9 nitrogen and oxygen atoms in total. The molecular formula is C26H27Cl2N7O2S. The molecule has 1 fully saturated rings. The first-order valence-electron chi connectivity index (χ1n) is 12.1. The minimum absolute atomic E-state index is 0.254. The normalized spacial score (nSPS) is 15.5. The molecule has 0 bridgehead atoms. The van der Waals surface area contributed by atoms with Crippen molar-refractivity contribution in [1.29, 1.82) is 0 Å². The van der Waals surface area contributed by atoms with Crippen molar-refractivity contribution in [3.63, 3.8) is 0 Å². The summed E-state index contributed by atoms with van der Waals surface area (Å²) in [4.78, 5) is 18.3. The van der Waals surface area contributed by atoms with Crippen molar-refractivity contribution in [2.75, 3.05) is 43.6 Å². The fourth-order valence-corrected chi connectivity index (χ4v) is 4.96. The van der Waals surface area contributed by atoms with Gasteiger partial charge in [-0.2, -0.15) is 4.99 Å². The summed E-state index contributed by atoms with van der Waals surface area (Å²) in [5.41, 5.74) is 3.53. The summed E-state index contributed by atoms with van der Waals surface area (Å²) in [5.74, 6) is 2.63. The number of halogens is 2. The van der Waals surface area contributed by atoms with E-state index in [1.807, 2.05) is 32.0 Å². The summed E-state index contributed by atoms with van der Waals surface area (Å²) < 4.78 is 11.0. The molecule has 2 aliphatic heterocycles. The Morgan fingerprint density at radius 1 is 0.947 bits per heavy atom. The average Bonchev–Trinajstić information content (AvgIpc) is 3.33. The average molecular weight is 573 g/mol. The largest absolute Gasteiger partial charge is 0.454 e. The molecule has 12 heteroatoms. The molecule has 3 aromatic rings. The predicted octanol–water partition coefficient (Wildman–Crippen LogP) is 5.11. The molecule has 0 unspecified atom stereocenters. The molecule has 0 spiro atoms. The predicted molar refractivity (Wildman–Crippen MR) is 155 cm³/mol. The topological polar surface area (TPSA) is 87.1 Å². The number of piperazine rings is 1. The number of anilines is 2. The summed E-state index contributed by atoms with van der Waals surface area (Å²) in [6.07, 6.45) is 0. The Kier molecular flexibility index (Phi) is 8.13. The molecule has 38 heavy (non-hydrogen) atoms. The summed E-state index contributed by atoms with van der Waals surface area (Å²) in [5, 5.41) is 7.63. The molecule has 198 valence electrons. The molecular weight excluding hydrogens is 545 g/mol. The van der Waals surface area contributed by atoms with Gasteiger partial charge in [-0.1, -0.05) is 29.3 Å². The van der Waals surface area contributed by atoms with Gasteiger partial charge in [0.2, 0.25) is 23.8 Å². The van der Waals surface area contributed by atoms with E-state index in [2.05, 4.69) is 36.5 Å². The molecule has 5 rings (SSSR count).